The van der Waals surface area contributed by atoms with Gasteiger partial charge < -0.3 is 9.73 Å². The molecule has 0 bridgehead atoms. The Bertz CT molecular complexity index is 1140. The molecule has 11 heteroatoms. The van der Waals surface area contributed by atoms with Crippen LogP contribution in [0.15, 0.2) is 52.0 Å². The molecule has 0 aliphatic carbocycles. The van der Waals surface area contributed by atoms with E-state index in [0.717, 1.165) is 0 Å². The predicted molar refractivity (Wildman–Crippen MR) is 119 cm³/mol. The van der Waals surface area contributed by atoms with E-state index in [1.54, 1.807) is 24.3 Å². The van der Waals surface area contributed by atoms with Gasteiger partial charge in [-0.05, 0) is 68.8 Å². The van der Waals surface area contributed by atoms with Crippen LogP contribution < -0.4 is 10.0 Å². The van der Waals surface area contributed by atoms with E-state index in [1.807, 2.05) is 0 Å². The number of nitrogens with zero attached hydrogens (tertiary/aromatic N) is 1. The molecule has 174 valence electrons. The van der Waals surface area contributed by atoms with Gasteiger partial charge in [-0.2, -0.15) is 0 Å². The van der Waals surface area contributed by atoms with Crippen molar-refractivity contribution in [1.29, 1.82) is 0 Å². The standard InChI is InChI=1S/C21H27N3O6S2/c25-21(16-7-10-24(11-8-16)18-9-13-31(26,27)15-18)23-17-3-5-20(6-4-17)32(28,29)22-14-19-2-1-12-30-19/h1-6,12,16,18,22H,7-11,13-15H2,(H,23,25)/t18-/m0/s1. The maximum atomic E-state index is 12.6. The van der Waals surface area contributed by atoms with Gasteiger partial charge >= 0.3 is 0 Å². The second kappa shape index (κ2) is 9.34. The molecule has 9 nitrogen and oxygen atoms in total. The van der Waals surface area contributed by atoms with Crippen molar-refractivity contribution in [2.45, 2.75) is 36.7 Å². The third kappa shape index (κ3) is 5.58. The number of hydrogen-bond acceptors (Lipinski definition) is 7. The fourth-order valence-corrected chi connectivity index (χ4v) is 6.97. The number of likely N-dealkylation sites (tertiary alicyclic amines) is 1. The van der Waals surface area contributed by atoms with Crippen LogP contribution in [0.3, 0.4) is 0 Å². The first kappa shape index (κ1) is 23.0. The maximum Gasteiger partial charge on any atom is 0.240 e. The largest absolute Gasteiger partial charge is 0.468 e. The van der Waals surface area contributed by atoms with E-state index >= 15 is 0 Å². The van der Waals surface area contributed by atoms with Gasteiger partial charge in [0.1, 0.15) is 5.76 Å². The fourth-order valence-electron chi connectivity index (χ4n) is 4.21. The molecule has 0 saturated carbocycles. The highest BCUT2D eigenvalue weighted by Gasteiger charge is 2.35. The Morgan fingerprint density at radius 1 is 1.09 bits per heavy atom. The van der Waals surface area contributed by atoms with Gasteiger partial charge in [0, 0.05) is 17.6 Å². The van der Waals surface area contributed by atoms with E-state index in [0.29, 0.717) is 43.8 Å². The number of piperidine rings is 1. The number of benzene rings is 1. The number of nitrogens with one attached hydrogen (secondary N) is 2. The van der Waals surface area contributed by atoms with E-state index in [4.69, 9.17) is 4.42 Å². The molecule has 3 heterocycles. The number of rotatable bonds is 7. The lowest BCUT2D eigenvalue weighted by Crippen LogP contribution is -2.44. The molecule has 0 spiro atoms. The molecule has 1 aromatic carbocycles. The topological polar surface area (TPSA) is 126 Å². The molecule has 1 amide bonds. The summed E-state index contributed by atoms with van der Waals surface area (Å²) in [4.78, 5) is 14.9. The monoisotopic (exact) mass is 481 g/mol. The van der Waals surface area contributed by atoms with Crippen LogP contribution in [0.25, 0.3) is 0 Å². The quantitative estimate of drug-likeness (QED) is 0.615. The molecular weight excluding hydrogens is 454 g/mol. The van der Waals surface area contributed by atoms with Crippen LogP contribution in [0.2, 0.25) is 0 Å². The second-order valence-electron chi connectivity index (χ2n) is 8.28. The summed E-state index contributed by atoms with van der Waals surface area (Å²) in [6.45, 7) is 1.47. The highest BCUT2D eigenvalue weighted by atomic mass is 32.2. The molecule has 4 rings (SSSR count). The van der Waals surface area contributed by atoms with Crippen molar-refractivity contribution in [1.82, 2.24) is 9.62 Å². The van der Waals surface area contributed by atoms with Crippen molar-refractivity contribution in [3.63, 3.8) is 0 Å². The first-order valence-electron chi connectivity index (χ1n) is 10.6. The smallest absolute Gasteiger partial charge is 0.240 e. The summed E-state index contributed by atoms with van der Waals surface area (Å²) in [6, 6.07) is 9.47. The van der Waals surface area contributed by atoms with Crippen LogP contribution >= 0.6 is 0 Å². The van der Waals surface area contributed by atoms with Gasteiger partial charge in [0.25, 0.3) is 0 Å². The molecule has 0 radical (unpaired) electrons. The highest BCUT2D eigenvalue weighted by molar-refractivity contribution is 7.91. The van der Waals surface area contributed by atoms with E-state index < -0.39 is 19.9 Å². The van der Waals surface area contributed by atoms with Gasteiger partial charge in [0.15, 0.2) is 9.84 Å². The fraction of sp³-hybridized carbons (Fsp3) is 0.476. The zero-order valence-electron chi connectivity index (χ0n) is 17.6. The van der Waals surface area contributed by atoms with Crippen LogP contribution in [0.4, 0.5) is 5.69 Å². The average molecular weight is 482 g/mol. The average Bonchev–Trinajstić information content (AvgIpc) is 3.42. The molecule has 2 aromatic rings. The summed E-state index contributed by atoms with van der Waals surface area (Å²) < 4.78 is 55.8. The lowest BCUT2D eigenvalue weighted by molar-refractivity contribution is -0.121. The zero-order valence-corrected chi connectivity index (χ0v) is 19.2. The third-order valence-electron chi connectivity index (χ3n) is 6.07. The van der Waals surface area contributed by atoms with Crippen LogP contribution in [-0.4, -0.2) is 58.3 Å². The van der Waals surface area contributed by atoms with Crippen molar-refractivity contribution in [3.05, 3.63) is 48.4 Å². The summed E-state index contributed by atoms with van der Waals surface area (Å²) in [6.07, 6.45) is 3.49. The molecular formula is C21H27N3O6S2. The number of sulfonamides is 1. The number of carbonyl (C=O) groups excluding carboxylic acids is 1. The summed E-state index contributed by atoms with van der Waals surface area (Å²) in [5, 5.41) is 2.86. The first-order valence-corrected chi connectivity index (χ1v) is 13.9. The molecule has 2 saturated heterocycles. The molecule has 1 aromatic heterocycles. The second-order valence-corrected chi connectivity index (χ2v) is 12.3. The number of sulfone groups is 1. The van der Waals surface area contributed by atoms with Crippen LogP contribution in [-0.2, 0) is 31.2 Å². The molecule has 0 unspecified atom stereocenters. The minimum Gasteiger partial charge on any atom is -0.468 e. The number of amides is 1. The Kier molecular flexibility index (Phi) is 6.70. The molecule has 2 aliphatic rings. The Labute approximate surface area is 188 Å². The highest BCUT2D eigenvalue weighted by Crippen LogP contribution is 2.25. The lowest BCUT2D eigenvalue weighted by atomic mass is 9.94. The van der Waals surface area contributed by atoms with Crippen LogP contribution in [0.1, 0.15) is 25.0 Å². The number of hydrogen-bond donors (Lipinski definition) is 2. The van der Waals surface area contributed by atoms with Crippen LogP contribution in [0, 0.1) is 5.92 Å². The van der Waals surface area contributed by atoms with Gasteiger partial charge in [-0.15, -0.1) is 0 Å². The third-order valence-corrected chi connectivity index (χ3v) is 9.24. The van der Waals surface area contributed by atoms with Crippen molar-refractivity contribution in [2.75, 3.05) is 29.9 Å². The summed E-state index contributed by atoms with van der Waals surface area (Å²) in [7, 11) is -6.61. The van der Waals surface area contributed by atoms with Crippen molar-refractivity contribution >= 4 is 31.5 Å². The van der Waals surface area contributed by atoms with E-state index in [9.17, 15) is 21.6 Å². The van der Waals surface area contributed by atoms with Crippen LogP contribution in [0.5, 0.6) is 0 Å². The van der Waals surface area contributed by atoms with E-state index in [1.165, 1.54) is 18.4 Å². The number of anilines is 1. The summed E-state index contributed by atoms with van der Waals surface area (Å²) in [5.74, 6) is 0.730. The van der Waals surface area contributed by atoms with Crippen molar-refractivity contribution < 1.29 is 26.0 Å². The molecule has 2 aliphatic heterocycles. The lowest BCUT2D eigenvalue weighted by Gasteiger charge is -2.34. The Morgan fingerprint density at radius 3 is 2.41 bits per heavy atom. The number of carbonyl (C=O) groups is 1. The minimum atomic E-state index is -3.70. The van der Waals surface area contributed by atoms with E-state index in [-0.39, 0.29) is 40.8 Å². The Hall–Kier alpha value is -2.21. The SMILES string of the molecule is O=C(Nc1ccc(S(=O)(=O)NCc2ccco2)cc1)C1CCN([C@H]2CCS(=O)(=O)C2)CC1. The maximum absolute atomic E-state index is 12.6. The normalized spacial score (nSPS) is 22.1. The summed E-state index contributed by atoms with van der Waals surface area (Å²) in [5.41, 5.74) is 0.532. The first-order chi connectivity index (χ1) is 15.2. The van der Waals surface area contributed by atoms with Crippen molar-refractivity contribution in [3.8, 4) is 0 Å². The van der Waals surface area contributed by atoms with E-state index in [2.05, 4.69) is 14.9 Å². The molecule has 2 N–H and O–H groups in total. The zero-order chi connectivity index (χ0) is 22.8. The minimum absolute atomic E-state index is 0.0549. The molecule has 32 heavy (non-hydrogen) atoms. The Morgan fingerprint density at radius 2 is 1.81 bits per heavy atom. The molecule has 2 fully saturated rings. The molecule has 1 atom stereocenters. The Balaban J connectivity index is 1.27. The van der Waals surface area contributed by atoms with Gasteiger partial charge in [-0.1, -0.05) is 0 Å². The van der Waals surface area contributed by atoms with Gasteiger partial charge in [-0.25, -0.2) is 21.6 Å². The van der Waals surface area contributed by atoms with Gasteiger partial charge in [0.2, 0.25) is 15.9 Å². The van der Waals surface area contributed by atoms with Gasteiger partial charge in [-0.3, -0.25) is 9.69 Å². The number of furan rings is 1. The summed E-state index contributed by atoms with van der Waals surface area (Å²) >= 11 is 0. The van der Waals surface area contributed by atoms with Crippen molar-refractivity contribution in [2.24, 2.45) is 5.92 Å². The van der Waals surface area contributed by atoms with Gasteiger partial charge in [0.05, 0.1) is 29.2 Å². The predicted octanol–water partition coefficient (Wildman–Crippen LogP) is 1.60.